The molecule has 0 fully saturated rings. The van der Waals surface area contributed by atoms with Gasteiger partial charge in [0.2, 0.25) is 0 Å². The van der Waals surface area contributed by atoms with Crippen LogP contribution in [0, 0.1) is 0 Å². The van der Waals surface area contributed by atoms with Crippen LogP contribution < -0.4 is 4.74 Å². The molecule has 10 aromatic rings. The van der Waals surface area contributed by atoms with E-state index in [1.54, 1.807) is 0 Å². The first-order chi connectivity index (χ1) is 28.2. The van der Waals surface area contributed by atoms with Crippen LogP contribution in [0.2, 0.25) is 0 Å². The number of hydrogen-bond donors (Lipinski definition) is 0. The molecule has 0 unspecified atom stereocenters. The number of para-hydroxylation sites is 2. The lowest BCUT2D eigenvalue weighted by molar-refractivity contribution is 0.436. The lowest BCUT2D eigenvalue weighted by Crippen LogP contribution is -2.32. The van der Waals surface area contributed by atoms with Gasteiger partial charge in [0, 0.05) is 38.6 Å². The van der Waals surface area contributed by atoms with Gasteiger partial charge in [-0.25, -0.2) is 9.97 Å². The summed E-state index contributed by atoms with van der Waals surface area (Å²) in [4.78, 5) is 10.4. The van der Waals surface area contributed by atoms with Gasteiger partial charge in [-0.15, -0.1) is 0 Å². The zero-order valence-corrected chi connectivity index (χ0v) is 30.7. The molecule has 2 aromatic heterocycles. The summed E-state index contributed by atoms with van der Waals surface area (Å²) in [6.45, 7) is 0. The van der Waals surface area contributed by atoms with Gasteiger partial charge in [-0.05, 0) is 75.8 Å². The summed E-state index contributed by atoms with van der Waals surface area (Å²) in [6, 6.07) is 68.3. The van der Waals surface area contributed by atoms with Gasteiger partial charge in [-0.2, -0.15) is 0 Å². The monoisotopic (exact) mass is 728 g/mol. The van der Waals surface area contributed by atoms with Crippen molar-refractivity contribution in [3.8, 4) is 67.7 Å². The third-order valence-electron chi connectivity index (χ3n) is 11.8. The largest absolute Gasteiger partial charge is 0.457 e. The summed E-state index contributed by atoms with van der Waals surface area (Å²) in [5.74, 6) is 2.40. The third kappa shape index (κ3) is 4.68. The maximum Gasteiger partial charge on any atom is 0.160 e. The Kier molecular flexibility index (Phi) is 6.81. The summed E-state index contributed by atoms with van der Waals surface area (Å²) in [5, 5.41) is 2.19. The lowest BCUT2D eigenvalue weighted by Gasteiger charge is -2.39. The van der Waals surface area contributed by atoms with E-state index in [1.807, 2.05) is 36.4 Å². The highest BCUT2D eigenvalue weighted by molar-refractivity contribution is 6.06. The van der Waals surface area contributed by atoms with Crippen molar-refractivity contribution in [2.24, 2.45) is 0 Å². The fraction of sp³-hybridized carbons (Fsp3) is 0.0189. The van der Waals surface area contributed by atoms with Crippen molar-refractivity contribution in [1.29, 1.82) is 0 Å². The topological polar surface area (TPSA) is 48.2 Å². The molecule has 0 amide bonds. The predicted octanol–water partition coefficient (Wildman–Crippen LogP) is 13.5. The van der Waals surface area contributed by atoms with Crippen LogP contribution in [0.15, 0.2) is 199 Å². The summed E-state index contributed by atoms with van der Waals surface area (Å²) in [7, 11) is 0. The van der Waals surface area contributed by atoms with E-state index in [-0.39, 0.29) is 0 Å². The minimum Gasteiger partial charge on any atom is -0.457 e. The maximum absolute atomic E-state index is 6.75. The number of nitrogens with zero attached hydrogens (tertiary/aromatic N) is 2. The first kappa shape index (κ1) is 31.8. The van der Waals surface area contributed by atoms with Crippen LogP contribution in [0.25, 0.3) is 78.1 Å². The normalized spacial score (nSPS) is 13.2. The number of furan rings is 1. The molecule has 4 nitrogen and oxygen atoms in total. The Morgan fingerprint density at radius 3 is 1.75 bits per heavy atom. The number of rotatable bonds is 4. The van der Waals surface area contributed by atoms with E-state index in [4.69, 9.17) is 19.1 Å². The molecular formula is C53H32N2O2. The Hall–Kier alpha value is -7.56. The average Bonchev–Trinajstić information content (AvgIpc) is 3.80. The molecule has 8 aromatic carbocycles. The van der Waals surface area contributed by atoms with Crippen molar-refractivity contribution in [1.82, 2.24) is 9.97 Å². The van der Waals surface area contributed by atoms with E-state index in [0.29, 0.717) is 5.82 Å². The highest BCUT2D eigenvalue weighted by Gasteiger charge is 2.51. The Bertz CT molecular complexity index is 3190. The highest BCUT2D eigenvalue weighted by atomic mass is 16.5. The number of hydrogen-bond acceptors (Lipinski definition) is 4. The van der Waals surface area contributed by atoms with Gasteiger partial charge < -0.3 is 9.15 Å². The fourth-order valence-corrected chi connectivity index (χ4v) is 9.32. The first-order valence-corrected chi connectivity index (χ1v) is 19.3. The van der Waals surface area contributed by atoms with Crippen LogP contribution >= 0.6 is 0 Å². The van der Waals surface area contributed by atoms with Crippen LogP contribution in [0.1, 0.15) is 22.3 Å². The molecule has 12 rings (SSSR count). The maximum atomic E-state index is 6.75. The average molecular weight is 729 g/mol. The standard InChI is InChI=1S/C53H32N2O2/c1-2-14-33(15-3-1)52-54-46(35-26-28-41-40-20-8-12-24-48(40)56-51(41)31-35)32-47(55-52)39-19-5-4-16-36(39)34-27-29-50-45(30-34)53(44-23-11-13-25-49(44)57-50)42-21-9-6-17-37(42)38-18-7-10-22-43(38)53/h1-32H. The number of benzene rings is 8. The smallest absolute Gasteiger partial charge is 0.160 e. The quantitative estimate of drug-likeness (QED) is 0.181. The Labute approximate surface area is 329 Å². The van der Waals surface area contributed by atoms with E-state index < -0.39 is 5.41 Å². The molecule has 4 heteroatoms. The zero-order valence-electron chi connectivity index (χ0n) is 30.7. The number of fused-ring (bicyclic) bond motifs is 12. The first-order valence-electron chi connectivity index (χ1n) is 19.3. The molecule has 1 aliphatic heterocycles. The third-order valence-corrected chi connectivity index (χ3v) is 11.8. The van der Waals surface area contributed by atoms with Crippen molar-refractivity contribution < 1.29 is 9.15 Å². The van der Waals surface area contributed by atoms with E-state index in [9.17, 15) is 0 Å². The molecule has 3 heterocycles. The minimum atomic E-state index is -0.555. The van der Waals surface area contributed by atoms with Crippen molar-refractivity contribution in [3.05, 3.63) is 216 Å². The van der Waals surface area contributed by atoms with E-state index in [1.165, 1.54) is 22.3 Å². The van der Waals surface area contributed by atoms with Crippen LogP contribution in [-0.4, -0.2) is 9.97 Å². The zero-order chi connectivity index (χ0) is 37.5. The summed E-state index contributed by atoms with van der Waals surface area (Å²) in [5.41, 5.74) is 15.2. The van der Waals surface area contributed by atoms with Crippen molar-refractivity contribution in [3.63, 3.8) is 0 Å². The van der Waals surface area contributed by atoms with Crippen LogP contribution in [-0.2, 0) is 5.41 Å². The highest BCUT2D eigenvalue weighted by Crippen LogP contribution is 2.62. The molecule has 0 saturated carbocycles. The van der Waals surface area contributed by atoms with E-state index >= 15 is 0 Å². The molecule has 2 aliphatic rings. The molecule has 0 bridgehead atoms. The second-order valence-electron chi connectivity index (χ2n) is 14.8. The van der Waals surface area contributed by atoms with Crippen molar-refractivity contribution in [2.45, 2.75) is 5.41 Å². The molecule has 57 heavy (non-hydrogen) atoms. The van der Waals surface area contributed by atoms with Gasteiger partial charge in [0.05, 0.1) is 16.8 Å². The number of aromatic nitrogens is 2. The van der Waals surface area contributed by atoms with Gasteiger partial charge >= 0.3 is 0 Å². The molecule has 1 spiro atoms. The fourth-order valence-electron chi connectivity index (χ4n) is 9.32. The summed E-state index contributed by atoms with van der Waals surface area (Å²) in [6.07, 6.45) is 0. The molecule has 0 radical (unpaired) electrons. The van der Waals surface area contributed by atoms with Crippen LogP contribution in [0.3, 0.4) is 0 Å². The van der Waals surface area contributed by atoms with Crippen molar-refractivity contribution >= 4 is 21.9 Å². The second-order valence-corrected chi connectivity index (χ2v) is 14.8. The van der Waals surface area contributed by atoms with Crippen LogP contribution in [0.4, 0.5) is 0 Å². The minimum absolute atomic E-state index is 0.555. The lowest BCUT2D eigenvalue weighted by atomic mass is 9.65. The molecule has 0 atom stereocenters. The molecule has 266 valence electrons. The Morgan fingerprint density at radius 2 is 0.947 bits per heavy atom. The van der Waals surface area contributed by atoms with Gasteiger partial charge in [0.15, 0.2) is 5.82 Å². The van der Waals surface area contributed by atoms with Gasteiger partial charge in [0.1, 0.15) is 22.7 Å². The number of ether oxygens (including phenoxy) is 1. The molecular weight excluding hydrogens is 697 g/mol. The van der Waals surface area contributed by atoms with E-state index in [2.05, 4.69) is 158 Å². The van der Waals surface area contributed by atoms with Gasteiger partial charge in [-0.1, -0.05) is 152 Å². The summed E-state index contributed by atoms with van der Waals surface area (Å²) >= 11 is 0. The molecule has 0 N–H and O–H groups in total. The Balaban J connectivity index is 1.07. The van der Waals surface area contributed by atoms with Crippen molar-refractivity contribution in [2.75, 3.05) is 0 Å². The second kappa shape index (κ2) is 12.2. The summed E-state index contributed by atoms with van der Waals surface area (Å²) < 4.78 is 13.1. The predicted molar refractivity (Wildman–Crippen MR) is 228 cm³/mol. The SMILES string of the molecule is c1ccc(-c2nc(-c3ccc4c(c3)oc3ccccc34)cc(-c3ccccc3-c3ccc4c(c3)C3(c5ccccc5O4)c4ccccc4-c4ccccc43)n2)cc1. The van der Waals surface area contributed by atoms with Gasteiger partial charge in [-0.3, -0.25) is 0 Å². The van der Waals surface area contributed by atoms with Gasteiger partial charge in [0.25, 0.3) is 0 Å². The van der Waals surface area contributed by atoms with Crippen LogP contribution in [0.5, 0.6) is 11.5 Å². The molecule has 1 aliphatic carbocycles. The van der Waals surface area contributed by atoms with E-state index in [0.717, 1.165) is 83.8 Å². The Morgan fingerprint density at radius 1 is 0.351 bits per heavy atom. The molecule has 0 saturated heterocycles.